The Hall–Kier alpha value is -2.31. The van der Waals surface area contributed by atoms with Gasteiger partial charge in [0.1, 0.15) is 5.76 Å². The number of rotatable bonds is 7. The third kappa shape index (κ3) is 3.87. The average molecular weight is 373 g/mol. The first-order valence-electron chi connectivity index (χ1n) is 9.82. The van der Waals surface area contributed by atoms with Crippen LogP contribution in [0.3, 0.4) is 0 Å². The van der Waals surface area contributed by atoms with Crippen LogP contribution in [0.25, 0.3) is 5.76 Å². The molecule has 0 atom stereocenters. The SMILES string of the molecule is C=C(OCC)c1cc(OCC(=O)NC23CC4CC(CC(C4)C2)C3)nc(=O)[nH]1. The Morgan fingerprint density at radius 2 is 1.93 bits per heavy atom. The van der Waals surface area contributed by atoms with Crippen molar-refractivity contribution < 1.29 is 14.3 Å². The second-order valence-electron chi connectivity index (χ2n) is 8.33. The second kappa shape index (κ2) is 7.02. The average Bonchev–Trinajstić information content (AvgIpc) is 2.58. The third-order valence-electron chi connectivity index (χ3n) is 6.13. The van der Waals surface area contributed by atoms with Crippen LogP contribution in [0.5, 0.6) is 5.88 Å². The fourth-order valence-corrected chi connectivity index (χ4v) is 5.65. The van der Waals surface area contributed by atoms with Gasteiger partial charge in [-0.15, -0.1) is 0 Å². The van der Waals surface area contributed by atoms with Crippen molar-refractivity contribution in [2.75, 3.05) is 13.2 Å². The van der Waals surface area contributed by atoms with Gasteiger partial charge in [0.2, 0.25) is 5.88 Å². The maximum Gasteiger partial charge on any atom is 0.348 e. The second-order valence-corrected chi connectivity index (χ2v) is 8.33. The summed E-state index contributed by atoms with van der Waals surface area (Å²) in [5.41, 5.74) is -0.219. The molecule has 0 spiro atoms. The molecule has 0 aromatic carbocycles. The van der Waals surface area contributed by atoms with Crippen LogP contribution in [0.1, 0.15) is 51.1 Å². The van der Waals surface area contributed by atoms with Crippen LogP contribution >= 0.6 is 0 Å². The first-order valence-corrected chi connectivity index (χ1v) is 9.82. The van der Waals surface area contributed by atoms with E-state index in [1.54, 1.807) is 0 Å². The summed E-state index contributed by atoms with van der Waals surface area (Å²) >= 11 is 0. The molecule has 0 saturated heterocycles. The number of hydrogen-bond donors (Lipinski definition) is 2. The summed E-state index contributed by atoms with van der Waals surface area (Å²) in [6.07, 6.45) is 7.25. The lowest BCUT2D eigenvalue weighted by Crippen LogP contribution is -2.60. The number of aromatic nitrogens is 2. The maximum atomic E-state index is 12.5. The van der Waals surface area contributed by atoms with Gasteiger partial charge < -0.3 is 19.8 Å². The highest BCUT2D eigenvalue weighted by Gasteiger charge is 2.51. The van der Waals surface area contributed by atoms with E-state index in [9.17, 15) is 9.59 Å². The third-order valence-corrected chi connectivity index (χ3v) is 6.13. The highest BCUT2D eigenvalue weighted by Crippen LogP contribution is 2.55. The molecule has 4 fully saturated rings. The smallest absolute Gasteiger partial charge is 0.348 e. The van der Waals surface area contributed by atoms with E-state index < -0.39 is 5.69 Å². The number of H-pyrrole nitrogens is 1. The van der Waals surface area contributed by atoms with Crippen molar-refractivity contribution in [3.8, 4) is 5.88 Å². The van der Waals surface area contributed by atoms with Gasteiger partial charge in [-0.3, -0.25) is 4.79 Å². The number of nitrogens with one attached hydrogen (secondary N) is 2. The molecule has 0 unspecified atom stereocenters. The highest BCUT2D eigenvalue weighted by molar-refractivity contribution is 5.78. The van der Waals surface area contributed by atoms with Crippen LogP contribution in [0.2, 0.25) is 0 Å². The summed E-state index contributed by atoms with van der Waals surface area (Å²) in [7, 11) is 0. The van der Waals surface area contributed by atoms with E-state index >= 15 is 0 Å². The van der Waals surface area contributed by atoms with Crippen molar-refractivity contribution in [1.29, 1.82) is 0 Å². The maximum absolute atomic E-state index is 12.5. The van der Waals surface area contributed by atoms with Gasteiger partial charge in [0.25, 0.3) is 5.91 Å². The number of hydrogen-bond acceptors (Lipinski definition) is 5. The Morgan fingerprint density at radius 3 is 2.52 bits per heavy atom. The molecule has 4 aliphatic carbocycles. The molecule has 1 aromatic heterocycles. The van der Waals surface area contributed by atoms with Gasteiger partial charge in [-0.1, -0.05) is 6.58 Å². The summed E-state index contributed by atoms with van der Waals surface area (Å²) in [6.45, 7) is 5.87. The minimum Gasteiger partial charge on any atom is -0.492 e. The van der Waals surface area contributed by atoms with Crippen LogP contribution < -0.4 is 15.7 Å². The molecule has 1 aromatic rings. The Morgan fingerprint density at radius 1 is 1.30 bits per heavy atom. The Balaban J connectivity index is 1.37. The lowest BCUT2D eigenvalue weighted by atomic mass is 9.53. The summed E-state index contributed by atoms with van der Waals surface area (Å²) in [5, 5.41) is 3.25. The van der Waals surface area contributed by atoms with Crippen molar-refractivity contribution in [2.24, 2.45) is 17.8 Å². The molecule has 7 heteroatoms. The zero-order valence-electron chi connectivity index (χ0n) is 15.8. The zero-order chi connectivity index (χ0) is 19.0. The van der Waals surface area contributed by atoms with E-state index in [4.69, 9.17) is 9.47 Å². The van der Waals surface area contributed by atoms with Gasteiger partial charge in [0.05, 0.1) is 12.3 Å². The fraction of sp³-hybridized carbons (Fsp3) is 0.650. The Labute approximate surface area is 158 Å². The van der Waals surface area contributed by atoms with Gasteiger partial charge in [-0.2, -0.15) is 4.98 Å². The van der Waals surface area contributed by atoms with Gasteiger partial charge in [-0.05, 0) is 63.2 Å². The van der Waals surface area contributed by atoms with Gasteiger partial charge in [0.15, 0.2) is 6.61 Å². The topological polar surface area (TPSA) is 93.3 Å². The number of amides is 1. The fourth-order valence-electron chi connectivity index (χ4n) is 5.65. The van der Waals surface area contributed by atoms with E-state index in [2.05, 4.69) is 21.9 Å². The molecule has 146 valence electrons. The predicted octanol–water partition coefficient (Wildman–Crippen LogP) is 2.24. The first kappa shape index (κ1) is 18.1. The van der Waals surface area contributed by atoms with Crippen LogP contribution in [0.4, 0.5) is 0 Å². The minimum atomic E-state index is -0.565. The standard InChI is InChI=1S/C20H27N3O4/c1-3-26-12(2)16-7-18(22-19(25)21-16)27-11-17(24)23-20-8-13-4-14(9-20)6-15(5-13)10-20/h7,13-15H,2-6,8-11H2,1H3,(H,23,24)(H,21,22,25). The number of nitrogens with zero attached hydrogens (tertiary/aromatic N) is 1. The van der Waals surface area contributed by atoms with Crippen LogP contribution in [0, 0.1) is 17.8 Å². The molecule has 4 saturated carbocycles. The lowest BCUT2D eigenvalue weighted by molar-refractivity contribution is -0.128. The molecule has 1 heterocycles. The largest absolute Gasteiger partial charge is 0.492 e. The van der Waals surface area contributed by atoms with Gasteiger partial charge in [0, 0.05) is 11.6 Å². The number of carbonyl (C=O) groups is 1. The summed E-state index contributed by atoms with van der Waals surface area (Å²) in [6, 6.07) is 1.53. The molecule has 5 rings (SSSR count). The van der Waals surface area contributed by atoms with Crippen molar-refractivity contribution in [2.45, 2.75) is 51.0 Å². The molecule has 2 N–H and O–H groups in total. The van der Waals surface area contributed by atoms with E-state index in [0.29, 0.717) is 18.1 Å². The Bertz CT molecular complexity index is 765. The summed E-state index contributed by atoms with van der Waals surface area (Å²) in [5.74, 6) is 2.57. The van der Waals surface area contributed by atoms with Gasteiger partial charge >= 0.3 is 5.69 Å². The summed E-state index contributed by atoms with van der Waals surface area (Å²) < 4.78 is 10.8. The van der Waals surface area contributed by atoms with E-state index in [1.807, 2.05) is 6.92 Å². The van der Waals surface area contributed by atoms with Crippen molar-refractivity contribution in [3.05, 3.63) is 28.8 Å². The molecule has 1 amide bonds. The monoisotopic (exact) mass is 373 g/mol. The number of carbonyl (C=O) groups excluding carboxylic acids is 1. The molecular formula is C20H27N3O4. The number of ether oxygens (including phenoxy) is 2. The van der Waals surface area contributed by atoms with E-state index in [1.165, 1.54) is 25.3 Å². The highest BCUT2D eigenvalue weighted by atomic mass is 16.5. The zero-order valence-corrected chi connectivity index (χ0v) is 15.8. The molecule has 0 radical (unpaired) electrons. The predicted molar refractivity (Wildman–Crippen MR) is 100 cm³/mol. The van der Waals surface area contributed by atoms with Crippen molar-refractivity contribution >= 4 is 11.7 Å². The van der Waals surface area contributed by atoms with Crippen molar-refractivity contribution in [1.82, 2.24) is 15.3 Å². The molecule has 27 heavy (non-hydrogen) atoms. The Kier molecular flexibility index (Phi) is 4.70. The van der Waals surface area contributed by atoms with Crippen molar-refractivity contribution in [3.63, 3.8) is 0 Å². The molecule has 4 bridgehead atoms. The van der Waals surface area contributed by atoms with Crippen LogP contribution in [-0.4, -0.2) is 34.6 Å². The minimum absolute atomic E-state index is 0.0504. The molecule has 4 aliphatic rings. The molecular weight excluding hydrogens is 346 g/mol. The normalized spacial score (nSPS) is 30.8. The van der Waals surface area contributed by atoms with E-state index in [0.717, 1.165) is 37.0 Å². The quantitative estimate of drug-likeness (QED) is 0.715. The van der Waals surface area contributed by atoms with Gasteiger partial charge in [-0.25, -0.2) is 4.79 Å². The first-order chi connectivity index (χ1) is 12.9. The van der Waals surface area contributed by atoms with Crippen LogP contribution in [-0.2, 0) is 9.53 Å². The van der Waals surface area contributed by atoms with Crippen LogP contribution in [0.15, 0.2) is 17.4 Å². The summed E-state index contributed by atoms with van der Waals surface area (Å²) in [4.78, 5) is 30.6. The molecule has 0 aliphatic heterocycles. The lowest BCUT2D eigenvalue weighted by Gasteiger charge is -2.56. The van der Waals surface area contributed by atoms with E-state index in [-0.39, 0.29) is 23.9 Å². The molecule has 7 nitrogen and oxygen atoms in total. The number of aromatic amines is 1.